The molecular formula is C81H60BN7. The first-order valence-electron chi connectivity index (χ1n) is 30.8. The predicted molar refractivity (Wildman–Crippen MR) is 374 cm³/mol. The molecule has 0 radical (unpaired) electrons. The molecule has 0 fully saturated rings. The van der Waals surface area contributed by atoms with Crippen LogP contribution in [0.5, 0.6) is 0 Å². The maximum Gasteiger partial charge on any atom is 0.291 e. The Balaban J connectivity index is 0.925. The van der Waals surface area contributed by atoms with Crippen molar-refractivity contribution in [1.29, 1.82) is 0 Å². The highest BCUT2D eigenvalue weighted by atomic mass is 15.0. The van der Waals surface area contributed by atoms with Crippen LogP contribution in [0.3, 0.4) is 0 Å². The third kappa shape index (κ3) is 8.10. The average Bonchev–Trinajstić information content (AvgIpc) is 1.76. The third-order valence-electron chi connectivity index (χ3n) is 18.7. The Morgan fingerprint density at radius 3 is 1.02 bits per heavy atom. The first-order valence-corrected chi connectivity index (χ1v) is 30.8. The summed E-state index contributed by atoms with van der Waals surface area (Å²) in [5, 5.41) is 9.58. The number of rotatable bonds is 9. The van der Waals surface area contributed by atoms with E-state index in [2.05, 4.69) is 315 Å². The van der Waals surface area contributed by atoms with Gasteiger partial charge in [0.2, 0.25) is 0 Å². The summed E-state index contributed by atoms with van der Waals surface area (Å²) >= 11 is 0. The summed E-state index contributed by atoms with van der Waals surface area (Å²) in [5.74, 6) is 1.21. The molecular weight excluding hydrogens is 1080 g/mol. The summed E-state index contributed by atoms with van der Waals surface area (Å²) in [6, 6.07) is 92.9. The van der Waals surface area contributed by atoms with Gasteiger partial charge in [-0.25, -0.2) is 15.0 Å². The molecule has 0 unspecified atom stereocenters. The van der Waals surface area contributed by atoms with Crippen LogP contribution in [0.1, 0.15) is 33.4 Å². The number of aromatic nitrogens is 7. The Morgan fingerprint density at radius 2 is 0.618 bits per heavy atom. The molecule has 0 saturated heterocycles. The molecule has 0 bridgehead atoms. The molecule has 0 aliphatic heterocycles. The molecule has 5 heterocycles. The lowest BCUT2D eigenvalue weighted by Gasteiger charge is -2.24. The van der Waals surface area contributed by atoms with E-state index in [0.717, 1.165) is 78.0 Å². The molecule has 8 heteroatoms. The first kappa shape index (κ1) is 52.3. The van der Waals surface area contributed by atoms with Gasteiger partial charge in [0.05, 0.1) is 44.1 Å². The molecule has 422 valence electrons. The van der Waals surface area contributed by atoms with Gasteiger partial charge in [-0.3, -0.25) is 0 Å². The van der Waals surface area contributed by atoms with E-state index < -0.39 is 0 Å². The van der Waals surface area contributed by atoms with Gasteiger partial charge in [-0.15, -0.1) is 0 Å². The summed E-state index contributed by atoms with van der Waals surface area (Å²) in [4.78, 5) is 17.2. The lowest BCUT2D eigenvalue weighted by molar-refractivity contribution is 1.09. The second kappa shape index (κ2) is 20.3. The van der Waals surface area contributed by atoms with Gasteiger partial charge in [-0.2, -0.15) is 0 Å². The standard InChI is InChI=1S/C81H60BN7/c1-49-43-51(3)75(52(4)44-49)82(76-53(5)45-50(2)46-54(76)6)81-84-79(55-23-21-29-59(47-55)88-67-35-17-13-31-61(67)63-39-41-71-73(77(63)88)65-33-15-19-37-69(65)86(71)57-25-9-7-10-26-57)83-80(85-81)56-24-22-30-60(48-56)89-68-36-18-14-32-62(68)64-40-42-72-74(78(64)89)66-34-16-20-38-70(66)87(72)58-27-11-8-12-28-58/h7-48H,1-6H3. The van der Waals surface area contributed by atoms with Crippen molar-refractivity contribution < 1.29 is 0 Å². The van der Waals surface area contributed by atoms with Crippen LogP contribution in [0, 0.1) is 41.5 Å². The second-order valence-electron chi connectivity index (χ2n) is 24.3. The zero-order valence-corrected chi connectivity index (χ0v) is 50.5. The van der Waals surface area contributed by atoms with Crippen LogP contribution in [0.4, 0.5) is 0 Å². The maximum absolute atomic E-state index is 5.77. The van der Waals surface area contributed by atoms with E-state index in [9.17, 15) is 0 Å². The van der Waals surface area contributed by atoms with Gasteiger partial charge in [0.25, 0.3) is 6.71 Å². The third-order valence-corrected chi connectivity index (χ3v) is 18.7. The SMILES string of the molecule is Cc1cc(C)c(B(c2nc(-c3cccc(-n4c5ccccc5c5ccc6c(c7ccccc7n6-c6ccccc6)c54)c3)nc(-c3cccc(-n4c5ccccc5c5ccc6c(c7ccccc7n6-c6ccccc6)c54)c3)n2)c2c(C)cc(C)cc2C)c(C)c1. The van der Waals surface area contributed by atoms with E-state index in [1.165, 1.54) is 87.4 Å². The summed E-state index contributed by atoms with van der Waals surface area (Å²) in [7, 11) is 0. The van der Waals surface area contributed by atoms with Crippen LogP contribution in [-0.2, 0) is 0 Å². The molecule has 0 spiro atoms. The van der Waals surface area contributed by atoms with Crippen molar-refractivity contribution >= 4 is 111 Å². The fourth-order valence-corrected chi connectivity index (χ4v) is 15.3. The van der Waals surface area contributed by atoms with E-state index in [4.69, 9.17) is 15.0 Å². The fourth-order valence-electron chi connectivity index (χ4n) is 15.3. The number of benzene rings is 12. The summed E-state index contributed by atoms with van der Waals surface area (Å²) in [6.45, 7) is 13.0. The number of para-hydroxylation sites is 6. The van der Waals surface area contributed by atoms with Gasteiger partial charge in [-0.1, -0.05) is 214 Å². The molecule has 17 aromatic rings. The van der Waals surface area contributed by atoms with Crippen molar-refractivity contribution in [2.45, 2.75) is 41.5 Å². The van der Waals surface area contributed by atoms with Crippen LogP contribution >= 0.6 is 0 Å². The molecule has 7 nitrogen and oxygen atoms in total. The monoisotopic (exact) mass is 1140 g/mol. The van der Waals surface area contributed by atoms with Crippen molar-refractivity contribution in [1.82, 2.24) is 33.2 Å². The van der Waals surface area contributed by atoms with Crippen molar-refractivity contribution in [3.63, 3.8) is 0 Å². The normalized spacial score (nSPS) is 11.9. The minimum Gasteiger partial charge on any atom is -0.309 e. The smallest absolute Gasteiger partial charge is 0.291 e. The van der Waals surface area contributed by atoms with Gasteiger partial charge >= 0.3 is 0 Å². The predicted octanol–water partition coefficient (Wildman–Crippen LogP) is 18.0. The first-order chi connectivity index (χ1) is 43.6. The number of aryl methyl sites for hydroxylation is 6. The molecule has 0 aliphatic carbocycles. The molecule has 0 atom stereocenters. The van der Waals surface area contributed by atoms with Crippen LogP contribution < -0.4 is 16.6 Å². The van der Waals surface area contributed by atoms with Crippen molar-refractivity contribution in [2.24, 2.45) is 0 Å². The molecule has 89 heavy (non-hydrogen) atoms. The topological polar surface area (TPSA) is 58.4 Å². The Morgan fingerprint density at radius 1 is 0.270 bits per heavy atom. The van der Waals surface area contributed by atoms with Crippen molar-refractivity contribution in [3.05, 3.63) is 288 Å². The van der Waals surface area contributed by atoms with Crippen LogP contribution in [0.15, 0.2) is 255 Å². The maximum atomic E-state index is 5.77. The highest BCUT2D eigenvalue weighted by Crippen LogP contribution is 2.45. The number of hydrogen-bond donors (Lipinski definition) is 0. The second-order valence-corrected chi connectivity index (χ2v) is 24.3. The molecule has 0 amide bonds. The van der Waals surface area contributed by atoms with E-state index in [0.29, 0.717) is 17.4 Å². The van der Waals surface area contributed by atoms with Gasteiger partial charge in [0, 0.05) is 77.0 Å². The summed E-state index contributed by atoms with van der Waals surface area (Å²) in [5.41, 5.74) is 25.6. The molecule has 17 rings (SSSR count). The minimum atomic E-state index is -0.317. The largest absolute Gasteiger partial charge is 0.309 e. The van der Waals surface area contributed by atoms with E-state index >= 15 is 0 Å². The highest BCUT2D eigenvalue weighted by molar-refractivity contribution is 6.95. The van der Waals surface area contributed by atoms with Crippen molar-refractivity contribution in [2.75, 3.05) is 0 Å². The van der Waals surface area contributed by atoms with Gasteiger partial charge in [0.1, 0.15) is 5.72 Å². The minimum absolute atomic E-state index is 0.317. The number of nitrogens with zero attached hydrogens (tertiary/aromatic N) is 7. The Kier molecular flexibility index (Phi) is 11.9. The number of fused-ring (bicyclic) bond motifs is 14. The molecule has 12 aromatic carbocycles. The van der Waals surface area contributed by atoms with Crippen LogP contribution in [0.25, 0.3) is 133 Å². The van der Waals surface area contributed by atoms with E-state index in [1.54, 1.807) is 0 Å². The summed E-state index contributed by atoms with van der Waals surface area (Å²) < 4.78 is 9.74. The molecule has 0 N–H and O–H groups in total. The van der Waals surface area contributed by atoms with E-state index in [1.807, 2.05) is 0 Å². The zero-order chi connectivity index (χ0) is 59.8. The number of hydrogen-bond acceptors (Lipinski definition) is 3. The average molecular weight is 1140 g/mol. The van der Waals surface area contributed by atoms with Crippen molar-refractivity contribution in [3.8, 4) is 45.5 Å². The lowest BCUT2D eigenvalue weighted by atomic mass is 9.37. The highest BCUT2D eigenvalue weighted by Gasteiger charge is 2.33. The van der Waals surface area contributed by atoms with Crippen LogP contribution in [0.2, 0.25) is 0 Å². The lowest BCUT2D eigenvalue weighted by Crippen LogP contribution is -2.58. The van der Waals surface area contributed by atoms with Gasteiger partial charge < -0.3 is 18.3 Å². The summed E-state index contributed by atoms with van der Waals surface area (Å²) in [6.07, 6.45) is 0. The van der Waals surface area contributed by atoms with Gasteiger partial charge in [0.15, 0.2) is 11.6 Å². The zero-order valence-electron chi connectivity index (χ0n) is 50.5. The quantitative estimate of drug-likeness (QED) is 0.135. The Hall–Kier alpha value is -11.1. The van der Waals surface area contributed by atoms with E-state index in [-0.39, 0.29) is 6.71 Å². The molecule has 0 saturated carbocycles. The fraction of sp³-hybridized carbons (Fsp3) is 0.0741. The molecule has 5 aromatic heterocycles. The Labute approximate surface area is 516 Å². The Bertz CT molecular complexity index is 5370. The van der Waals surface area contributed by atoms with Gasteiger partial charge in [-0.05, 0) is 126 Å². The molecule has 0 aliphatic rings. The van der Waals surface area contributed by atoms with Crippen LogP contribution in [-0.4, -0.2) is 39.9 Å².